The highest BCUT2D eigenvalue weighted by Gasteiger charge is 2.05. The number of hydrogen-bond donors (Lipinski definition) is 1. The van der Waals surface area contributed by atoms with E-state index in [-0.39, 0.29) is 5.56 Å². The normalized spacial score (nSPS) is 10.8. The van der Waals surface area contributed by atoms with Crippen LogP contribution in [0.3, 0.4) is 0 Å². The maximum Gasteiger partial charge on any atom is 0.278 e. The molecule has 4 nitrogen and oxygen atoms in total. The Morgan fingerprint density at radius 1 is 1.33 bits per heavy atom. The summed E-state index contributed by atoms with van der Waals surface area (Å²) in [4.78, 5) is 22.8. The second-order valence-electron chi connectivity index (χ2n) is 2.54. The first-order chi connectivity index (χ1) is 5.66. The molecule has 0 saturated heterocycles. The van der Waals surface area contributed by atoms with Crippen LogP contribution in [-0.2, 0) is 0 Å². The van der Waals surface area contributed by atoms with E-state index in [4.69, 9.17) is 0 Å². The molecule has 0 bridgehead atoms. The fourth-order valence-corrected chi connectivity index (χ4v) is 1.88. The van der Waals surface area contributed by atoms with Gasteiger partial charge in [-0.3, -0.25) is 4.79 Å². The second kappa shape index (κ2) is 2.38. The van der Waals surface area contributed by atoms with Crippen molar-refractivity contribution in [3.63, 3.8) is 0 Å². The van der Waals surface area contributed by atoms with Gasteiger partial charge in [-0.25, -0.2) is 9.97 Å². The number of aryl methyl sites for hydroxylation is 2. The van der Waals surface area contributed by atoms with Gasteiger partial charge in [0.2, 0.25) is 0 Å². The molecule has 0 aliphatic carbocycles. The topological polar surface area (TPSA) is 58.6 Å². The molecule has 2 aromatic rings. The summed E-state index contributed by atoms with van der Waals surface area (Å²) in [5.41, 5.74) is 0.296. The van der Waals surface area contributed by atoms with Crippen molar-refractivity contribution >= 4 is 21.7 Å². The highest BCUT2D eigenvalue weighted by molar-refractivity contribution is 7.18. The number of fused-ring (bicyclic) bond motifs is 1. The molecule has 0 unspecified atom stereocenters. The summed E-state index contributed by atoms with van der Waals surface area (Å²) in [5, 5.41) is 0.869. The lowest BCUT2D eigenvalue weighted by Crippen LogP contribution is -2.08. The minimum atomic E-state index is -0.151. The van der Waals surface area contributed by atoms with Gasteiger partial charge in [0, 0.05) is 0 Å². The lowest BCUT2D eigenvalue weighted by atomic mass is 10.5. The fourth-order valence-electron chi connectivity index (χ4n) is 1.04. The minimum absolute atomic E-state index is 0.151. The number of H-pyrrole nitrogens is 1. The number of aromatic nitrogens is 3. The maximum absolute atomic E-state index is 11.3. The van der Waals surface area contributed by atoms with Crippen molar-refractivity contribution < 1.29 is 0 Å². The predicted molar refractivity (Wildman–Crippen MR) is 47.5 cm³/mol. The zero-order chi connectivity index (χ0) is 8.72. The molecule has 1 N–H and O–H groups in total. The van der Waals surface area contributed by atoms with Gasteiger partial charge in [-0.1, -0.05) is 11.3 Å². The highest BCUT2D eigenvalue weighted by Crippen LogP contribution is 2.15. The Labute approximate surface area is 72.3 Å². The van der Waals surface area contributed by atoms with Crippen molar-refractivity contribution in [2.24, 2.45) is 0 Å². The van der Waals surface area contributed by atoms with Crippen LogP contribution in [0.1, 0.15) is 10.8 Å². The molecule has 5 heteroatoms. The zero-order valence-corrected chi connectivity index (χ0v) is 7.53. The van der Waals surface area contributed by atoms with Gasteiger partial charge >= 0.3 is 0 Å². The Bertz CT molecular complexity index is 485. The summed E-state index contributed by atoms with van der Waals surface area (Å²) in [6.07, 6.45) is 0. The standard InChI is InChI=1S/C7H7N3OS/c1-3-8-6(11)5-7(9-3)12-4(2)10-5/h1-2H3,(H,8,9,11). The largest absolute Gasteiger partial charge is 0.309 e. The molecule has 0 spiro atoms. The van der Waals surface area contributed by atoms with Gasteiger partial charge in [0.1, 0.15) is 5.82 Å². The summed E-state index contributed by atoms with van der Waals surface area (Å²) < 4.78 is 0. The molecule has 2 heterocycles. The van der Waals surface area contributed by atoms with Gasteiger partial charge in [0.05, 0.1) is 5.01 Å². The zero-order valence-electron chi connectivity index (χ0n) is 6.71. The Morgan fingerprint density at radius 2 is 2.08 bits per heavy atom. The Balaban J connectivity index is 2.98. The van der Waals surface area contributed by atoms with Crippen LogP contribution in [0.4, 0.5) is 0 Å². The molecule has 0 aliphatic rings. The minimum Gasteiger partial charge on any atom is -0.309 e. The average Bonchev–Trinajstić information content (AvgIpc) is 2.29. The molecule has 0 atom stereocenters. The van der Waals surface area contributed by atoms with E-state index in [1.54, 1.807) is 6.92 Å². The molecule has 0 radical (unpaired) electrons. The van der Waals surface area contributed by atoms with Crippen LogP contribution >= 0.6 is 11.3 Å². The molecule has 0 aromatic carbocycles. The Kier molecular flexibility index (Phi) is 1.47. The SMILES string of the molecule is Cc1nc2sc(C)nc2c(=O)[nH]1. The van der Waals surface area contributed by atoms with E-state index in [1.165, 1.54) is 11.3 Å². The first kappa shape index (κ1) is 7.42. The smallest absolute Gasteiger partial charge is 0.278 e. The third-order valence-corrected chi connectivity index (χ3v) is 2.36. The molecule has 2 rings (SSSR count). The van der Waals surface area contributed by atoms with Crippen molar-refractivity contribution in [2.45, 2.75) is 13.8 Å². The number of nitrogens with zero attached hydrogens (tertiary/aromatic N) is 2. The molecular formula is C7H7N3OS. The number of rotatable bonds is 0. The van der Waals surface area contributed by atoms with E-state index in [0.717, 1.165) is 5.01 Å². The third kappa shape index (κ3) is 1.02. The van der Waals surface area contributed by atoms with Crippen molar-refractivity contribution in [3.8, 4) is 0 Å². The molecule has 0 aliphatic heterocycles. The maximum atomic E-state index is 11.3. The van der Waals surface area contributed by atoms with Gasteiger partial charge in [-0.2, -0.15) is 0 Å². The van der Waals surface area contributed by atoms with Gasteiger partial charge in [0.15, 0.2) is 10.3 Å². The molecule has 12 heavy (non-hydrogen) atoms. The van der Waals surface area contributed by atoms with E-state index in [0.29, 0.717) is 16.2 Å². The van der Waals surface area contributed by atoms with Crippen LogP contribution in [0.2, 0.25) is 0 Å². The van der Waals surface area contributed by atoms with E-state index < -0.39 is 0 Å². The number of aromatic amines is 1. The van der Waals surface area contributed by atoms with Crippen LogP contribution in [0.25, 0.3) is 10.3 Å². The van der Waals surface area contributed by atoms with E-state index in [2.05, 4.69) is 15.0 Å². The van der Waals surface area contributed by atoms with E-state index in [1.807, 2.05) is 6.92 Å². The van der Waals surface area contributed by atoms with Gasteiger partial charge in [-0.05, 0) is 13.8 Å². The summed E-state index contributed by atoms with van der Waals surface area (Å²) >= 11 is 1.44. The summed E-state index contributed by atoms with van der Waals surface area (Å²) in [7, 11) is 0. The first-order valence-electron chi connectivity index (χ1n) is 3.51. The van der Waals surface area contributed by atoms with Crippen molar-refractivity contribution in [2.75, 3.05) is 0 Å². The van der Waals surface area contributed by atoms with Gasteiger partial charge in [0.25, 0.3) is 5.56 Å². The predicted octanol–water partition coefficient (Wildman–Crippen LogP) is 0.996. The van der Waals surface area contributed by atoms with Gasteiger partial charge < -0.3 is 4.98 Å². The quantitative estimate of drug-likeness (QED) is 0.659. The van der Waals surface area contributed by atoms with Crippen LogP contribution in [0, 0.1) is 13.8 Å². The third-order valence-electron chi connectivity index (χ3n) is 1.49. The average molecular weight is 181 g/mol. The molecule has 0 amide bonds. The monoisotopic (exact) mass is 181 g/mol. The van der Waals surface area contributed by atoms with Gasteiger partial charge in [-0.15, -0.1) is 0 Å². The lowest BCUT2D eigenvalue weighted by Gasteiger charge is -1.88. The van der Waals surface area contributed by atoms with Crippen LogP contribution in [0.5, 0.6) is 0 Å². The summed E-state index contributed by atoms with van der Waals surface area (Å²) in [5.74, 6) is 0.635. The Hall–Kier alpha value is -1.23. The molecule has 2 aromatic heterocycles. The molecule has 0 saturated carbocycles. The van der Waals surface area contributed by atoms with E-state index >= 15 is 0 Å². The van der Waals surface area contributed by atoms with Crippen molar-refractivity contribution in [1.29, 1.82) is 0 Å². The summed E-state index contributed by atoms with van der Waals surface area (Å²) in [6.45, 7) is 3.62. The van der Waals surface area contributed by atoms with Crippen molar-refractivity contribution in [3.05, 3.63) is 21.2 Å². The molecular weight excluding hydrogens is 174 g/mol. The van der Waals surface area contributed by atoms with Crippen molar-refractivity contribution in [1.82, 2.24) is 15.0 Å². The second-order valence-corrected chi connectivity index (χ2v) is 3.72. The van der Waals surface area contributed by atoms with Crippen LogP contribution in [0.15, 0.2) is 4.79 Å². The highest BCUT2D eigenvalue weighted by atomic mass is 32.1. The first-order valence-corrected chi connectivity index (χ1v) is 4.32. The lowest BCUT2D eigenvalue weighted by molar-refractivity contribution is 1.06. The molecule has 62 valence electrons. The Morgan fingerprint density at radius 3 is 2.83 bits per heavy atom. The number of hydrogen-bond acceptors (Lipinski definition) is 4. The van der Waals surface area contributed by atoms with E-state index in [9.17, 15) is 4.79 Å². The number of nitrogens with one attached hydrogen (secondary N) is 1. The van der Waals surface area contributed by atoms with Crippen LogP contribution in [-0.4, -0.2) is 15.0 Å². The fraction of sp³-hybridized carbons (Fsp3) is 0.286. The van der Waals surface area contributed by atoms with Crippen LogP contribution < -0.4 is 5.56 Å². The summed E-state index contributed by atoms with van der Waals surface area (Å²) in [6, 6.07) is 0. The molecule has 0 fully saturated rings. The number of thiazole rings is 1.